The summed E-state index contributed by atoms with van der Waals surface area (Å²) in [6, 6.07) is 8.17. The number of nitrogens with zero attached hydrogens (tertiary/aromatic N) is 2. The van der Waals surface area contributed by atoms with Gasteiger partial charge in [-0.3, -0.25) is 0 Å². The Morgan fingerprint density at radius 2 is 2.16 bits per heavy atom. The molecule has 1 aliphatic rings. The largest absolute Gasteiger partial charge is 0.399 e. The van der Waals surface area contributed by atoms with Gasteiger partial charge in [-0.2, -0.15) is 10.2 Å². The molecule has 0 saturated carbocycles. The van der Waals surface area contributed by atoms with Crippen LogP contribution in [0.1, 0.15) is 45.1 Å². The Hall–Kier alpha value is -1.64. The molecule has 0 bridgehead atoms. The minimum Gasteiger partial charge on any atom is -0.399 e. The summed E-state index contributed by atoms with van der Waals surface area (Å²) in [5.74, 6) is 1.43. The van der Waals surface area contributed by atoms with Gasteiger partial charge in [-0.05, 0) is 42.4 Å². The number of hydrogen-bond acceptors (Lipinski definition) is 3. The summed E-state index contributed by atoms with van der Waals surface area (Å²) in [6.07, 6.45) is 4.01. The van der Waals surface area contributed by atoms with Crippen LogP contribution in [0.4, 0.5) is 5.69 Å². The van der Waals surface area contributed by atoms with Crippen LogP contribution in [0.25, 0.3) is 0 Å². The van der Waals surface area contributed by atoms with Crippen molar-refractivity contribution in [3.8, 4) is 0 Å². The second-order valence-corrected chi connectivity index (χ2v) is 5.89. The Morgan fingerprint density at radius 3 is 2.79 bits per heavy atom. The molecule has 1 aromatic carbocycles. The van der Waals surface area contributed by atoms with Gasteiger partial charge in [-0.1, -0.05) is 32.9 Å². The highest BCUT2D eigenvalue weighted by molar-refractivity contribution is 5.94. The molecule has 2 unspecified atom stereocenters. The average Bonchev–Trinajstić information content (AvgIpc) is 2.35. The van der Waals surface area contributed by atoms with E-state index in [2.05, 4.69) is 43.1 Å². The zero-order chi connectivity index (χ0) is 13.8. The van der Waals surface area contributed by atoms with Gasteiger partial charge >= 0.3 is 0 Å². The molecule has 0 aromatic heterocycles. The molecule has 0 saturated heterocycles. The molecule has 3 heteroatoms. The SMILES string of the molecule is CC(C)CC(C1=NN=CC(C)C1)c1cccc(N)c1. The highest BCUT2D eigenvalue weighted by atomic mass is 15.2. The molecule has 102 valence electrons. The first-order chi connectivity index (χ1) is 9.06. The lowest BCUT2D eigenvalue weighted by Gasteiger charge is -2.24. The lowest BCUT2D eigenvalue weighted by Crippen LogP contribution is -2.20. The molecule has 0 spiro atoms. The summed E-state index contributed by atoms with van der Waals surface area (Å²) in [6.45, 7) is 6.68. The lowest BCUT2D eigenvalue weighted by molar-refractivity contribution is 0.555. The lowest BCUT2D eigenvalue weighted by atomic mass is 9.83. The number of nitrogens with two attached hydrogens (primary N) is 1. The predicted molar refractivity (Wildman–Crippen MR) is 82.8 cm³/mol. The average molecular weight is 257 g/mol. The topological polar surface area (TPSA) is 50.7 Å². The first-order valence-electron chi connectivity index (χ1n) is 7.01. The van der Waals surface area contributed by atoms with Gasteiger partial charge in [0.05, 0.1) is 0 Å². The van der Waals surface area contributed by atoms with E-state index in [0.717, 1.165) is 18.5 Å². The molecule has 0 aliphatic carbocycles. The van der Waals surface area contributed by atoms with Crippen LogP contribution in [0.2, 0.25) is 0 Å². The van der Waals surface area contributed by atoms with Crippen molar-refractivity contribution in [3.63, 3.8) is 0 Å². The monoisotopic (exact) mass is 257 g/mol. The van der Waals surface area contributed by atoms with E-state index in [4.69, 9.17) is 5.73 Å². The van der Waals surface area contributed by atoms with Crippen LogP contribution in [-0.4, -0.2) is 11.9 Å². The van der Waals surface area contributed by atoms with Crippen LogP contribution in [0.15, 0.2) is 34.5 Å². The third kappa shape index (κ3) is 3.66. The van der Waals surface area contributed by atoms with E-state index < -0.39 is 0 Å². The number of hydrogen-bond donors (Lipinski definition) is 1. The highest BCUT2D eigenvalue weighted by Crippen LogP contribution is 2.30. The number of nitrogen functional groups attached to an aromatic ring is 1. The van der Waals surface area contributed by atoms with Crippen molar-refractivity contribution in [2.45, 2.75) is 39.5 Å². The second kappa shape index (κ2) is 6.00. The van der Waals surface area contributed by atoms with E-state index in [1.165, 1.54) is 11.3 Å². The van der Waals surface area contributed by atoms with Crippen molar-refractivity contribution in [3.05, 3.63) is 29.8 Å². The van der Waals surface area contributed by atoms with Crippen molar-refractivity contribution in [2.75, 3.05) is 5.73 Å². The molecule has 3 nitrogen and oxygen atoms in total. The summed E-state index contributed by atoms with van der Waals surface area (Å²) in [5.41, 5.74) is 9.18. The van der Waals surface area contributed by atoms with Gasteiger partial charge in [0.25, 0.3) is 0 Å². The maximum absolute atomic E-state index is 5.91. The van der Waals surface area contributed by atoms with Gasteiger partial charge < -0.3 is 5.73 Å². The van der Waals surface area contributed by atoms with Crippen LogP contribution >= 0.6 is 0 Å². The Labute approximate surface area is 115 Å². The Bertz CT molecular complexity index is 489. The molecule has 19 heavy (non-hydrogen) atoms. The second-order valence-electron chi connectivity index (χ2n) is 5.89. The van der Waals surface area contributed by atoms with Gasteiger partial charge in [0.1, 0.15) is 0 Å². The van der Waals surface area contributed by atoms with Crippen molar-refractivity contribution < 1.29 is 0 Å². The molecule has 2 atom stereocenters. The van der Waals surface area contributed by atoms with Crippen molar-refractivity contribution in [2.24, 2.45) is 22.0 Å². The molecule has 1 heterocycles. The summed E-state index contributed by atoms with van der Waals surface area (Å²) >= 11 is 0. The summed E-state index contributed by atoms with van der Waals surface area (Å²) in [7, 11) is 0. The maximum Gasteiger partial charge on any atom is 0.0486 e. The Kier molecular flexibility index (Phi) is 4.35. The fourth-order valence-electron chi connectivity index (χ4n) is 2.57. The van der Waals surface area contributed by atoms with Gasteiger partial charge in [-0.15, -0.1) is 0 Å². The quantitative estimate of drug-likeness (QED) is 0.818. The molecule has 0 amide bonds. The van der Waals surface area contributed by atoms with E-state index in [-0.39, 0.29) is 0 Å². The van der Waals surface area contributed by atoms with Crippen LogP contribution in [0.5, 0.6) is 0 Å². The summed E-state index contributed by atoms with van der Waals surface area (Å²) in [5, 5.41) is 8.53. The standard InChI is InChI=1S/C16H23N3/c1-11(2)7-15(13-5-4-6-14(17)9-13)16-8-12(3)10-18-19-16/h4-6,9-12,15H,7-8,17H2,1-3H3. The van der Waals surface area contributed by atoms with Gasteiger partial charge in [-0.25, -0.2) is 0 Å². The zero-order valence-corrected chi connectivity index (χ0v) is 12.0. The van der Waals surface area contributed by atoms with E-state index >= 15 is 0 Å². The highest BCUT2D eigenvalue weighted by Gasteiger charge is 2.23. The molecule has 0 fully saturated rings. The predicted octanol–water partition coefficient (Wildman–Crippen LogP) is 3.87. The van der Waals surface area contributed by atoms with Crippen LogP contribution in [0.3, 0.4) is 0 Å². The third-order valence-corrected chi connectivity index (χ3v) is 3.46. The molecule has 2 rings (SSSR count). The van der Waals surface area contributed by atoms with E-state index in [9.17, 15) is 0 Å². The van der Waals surface area contributed by atoms with Crippen LogP contribution in [-0.2, 0) is 0 Å². The van der Waals surface area contributed by atoms with Crippen molar-refractivity contribution in [1.82, 2.24) is 0 Å². The van der Waals surface area contributed by atoms with Gasteiger partial charge in [0.2, 0.25) is 0 Å². The first kappa shape index (κ1) is 13.8. The maximum atomic E-state index is 5.91. The van der Waals surface area contributed by atoms with Gasteiger partial charge in [0, 0.05) is 23.5 Å². The first-order valence-corrected chi connectivity index (χ1v) is 7.01. The molecule has 0 radical (unpaired) electrons. The van der Waals surface area contributed by atoms with Crippen LogP contribution in [0, 0.1) is 11.8 Å². The molecular weight excluding hydrogens is 234 g/mol. The summed E-state index contributed by atoms with van der Waals surface area (Å²) < 4.78 is 0. The van der Waals surface area contributed by atoms with Crippen molar-refractivity contribution >= 4 is 17.6 Å². The fraction of sp³-hybridized carbons (Fsp3) is 0.500. The zero-order valence-electron chi connectivity index (χ0n) is 12.0. The fourth-order valence-corrected chi connectivity index (χ4v) is 2.57. The Morgan fingerprint density at radius 1 is 1.37 bits per heavy atom. The van der Waals surface area contributed by atoms with E-state index in [1.54, 1.807) is 0 Å². The normalized spacial score (nSPS) is 20.4. The smallest absolute Gasteiger partial charge is 0.0486 e. The van der Waals surface area contributed by atoms with Crippen LogP contribution < -0.4 is 5.73 Å². The molecule has 1 aromatic rings. The minimum atomic E-state index is 0.336. The number of rotatable bonds is 4. The number of benzene rings is 1. The van der Waals surface area contributed by atoms with E-state index in [0.29, 0.717) is 17.8 Å². The third-order valence-electron chi connectivity index (χ3n) is 3.46. The molecule has 2 N–H and O–H groups in total. The molecule has 1 aliphatic heterocycles. The van der Waals surface area contributed by atoms with Crippen molar-refractivity contribution in [1.29, 1.82) is 0 Å². The Balaban J connectivity index is 2.31. The molecular formula is C16H23N3. The van der Waals surface area contributed by atoms with Gasteiger partial charge in [0.15, 0.2) is 0 Å². The minimum absolute atomic E-state index is 0.336. The number of anilines is 1. The summed E-state index contributed by atoms with van der Waals surface area (Å²) in [4.78, 5) is 0. The van der Waals surface area contributed by atoms with E-state index in [1.807, 2.05) is 18.3 Å².